The highest BCUT2D eigenvalue weighted by Gasteiger charge is 2.42. The van der Waals surface area contributed by atoms with Crippen molar-refractivity contribution in [2.75, 3.05) is 6.54 Å². The number of rotatable bonds is 2. The molecule has 22 heavy (non-hydrogen) atoms. The van der Waals surface area contributed by atoms with Crippen molar-refractivity contribution in [3.63, 3.8) is 0 Å². The maximum atomic E-state index is 10.8. The van der Waals surface area contributed by atoms with Crippen molar-refractivity contribution in [2.24, 2.45) is 22.3 Å². The van der Waals surface area contributed by atoms with Gasteiger partial charge in [-0.2, -0.15) is 0 Å². The van der Waals surface area contributed by atoms with E-state index in [1.54, 1.807) is 0 Å². The second kappa shape index (κ2) is 7.25. The normalized spacial score (nSPS) is 22.0. The highest BCUT2D eigenvalue weighted by Crippen LogP contribution is 2.45. The Bertz CT molecular complexity index is 476. The first-order valence-electron chi connectivity index (χ1n) is 7.54. The van der Waals surface area contributed by atoms with Gasteiger partial charge in [-0.1, -0.05) is 65.8 Å². The molecule has 1 amide bonds. The number of primary amides is 1. The van der Waals surface area contributed by atoms with Crippen LogP contribution in [0.4, 0.5) is 0 Å². The van der Waals surface area contributed by atoms with Gasteiger partial charge in [-0.3, -0.25) is 4.79 Å². The van der Waals surface area contributed by atoms with Gasteiger partial charge < -0.3 is 16.6 Å². The van der Waals surface area contributed by atoms with E-state index in [2.05, 4.69) is 53.9 Å². The third-order valence-electron chi connectivity index (χ3n) is 4.02. The van der Waals surface area contributed by atoms with Crippen LogP contribution in [0, 0.1) is 10.8 Å². The SMILES string of the molecule is C=CC(N)=O.CC(C)(C)C1=C(CN)C=CC(O)(C(C)(C)C)C1. The summed E-state index contributed by atoms with van der Waals surface area (Å²) in [6, 6.07) is 0. The fourth-order valence-electron chi connectivity index (χ4n) is 2.23. The van der Waals surface area contributed by atoms with E-state index in [9.17, 15) is 9.90 Å². The van der Waals surface area contributed by atoms with E-state index < -0.39 is 11.5 Å². The van der Waals surface area contributed by atoms with Crippen molar-refractivity contribution in [3.05, 3.63) is 36.0 Å². The lowest BCUT2D eigenvalue weighted by Gasteiger charge is -2.43. The second-order valence-corrected chi connectivity index (χ2v) is 7.75. The summed E-state index contributed by atoms with van der Waals surface area (Å²) in [4.78, 5) is 9.47. The van der Waals surface area contributed by atoms with Crippen LogP contribution in [-0.2, 0) is 4.79 Å². The largest absolute Gasteiger partial charge is 0.385 e. The Morgan fingerprint density at radius 3 is 2.09 bits per heavy atom. The lowest BCUT2D eigenvalue weighted by atomic mass is 9.66. The highest BCUT2D eigenvalue weighted by molar-refractivity contribution is 5.84. The molecule has 0 aliphatic heterocycles. The fourth-order valence-corrected chi connectivity index (χ4v) is 2.23. The minimum atomic E-state index is -0.770. The predicted octanol–water partition coefficient (Wildman–Crippen LogP) is 2.68. The Morgan fingerprint density at radius 2 is 1.82 bits per heavy atom. The maximum absolute atomic E-state index is 10.8. The molecular weight excluding hydrogens is 276 g/mol. The van der Waals surface area contributed by atoms with Gasteiger partial charge >= 0.3 is 0 Å². The smallest absolute Gasteiger partial charge is 0.240 e. The molecule has 1 unspecified atom stereocenters. The summed E-state index contributed by atoms with van der Waals surface area (Å²) in [6.45, 7) is 16.4. The number of carbonyl (C=O) groups excluding carboxylic acids is 1. The predicted molar refractivity (Wildman–Crippen MR) is 93.1 cm³/mol. The maximum Gasteiger partial charge on any atom is 0.240 e. The molecule has 1 rings (SSSR count). The molecular formula is C18H32N2O2. The molecule has 1 aliphatic carbocycles. The number of hydrogen-bond donors (Lipinski definition) is 3. The highest BCUT2D eigenvalue weighted by atomic mass is 16.3. The Balaban J connectivity index is 0.000000763. The average Bonchev–Trinajstić information content (AvgIpc) is 2.37. The molecule has 126 valence electrons. The summed E-state index contributed by atoms with van der Waals surface area (Å²) in [6.07, 6.45) is 5.67. The van der Waals surface area contributed by atoms with Gasteiger partial charge in [0.1, 0.15) is 0 Å². The van der Waals surface area contributed by atoms with Crippen molar-refractivity contribution in [2.45, 2.75) is 53.6 Å². The lowest BCUT2D eigenvalue weighted by molar-refractivity contribution is -0.113. The van der Waals surface area contributed by atoms with Gasteiger partial charge in [-0.25, -0.2) is 0 Å². The van der Waals surface area contributed by atoms with Gasteiger partial charge in [0.05, 0.1) is 5.60 Å². The summed E-state index contributed by atoms with van der Waals surface area (Å²) in [5.74, 6) is -0.481. The summed E-state index contributed by atoms with van der Waals surface area (Å²) in [5, 5.41) is 10.8. The van der Waals surface area contributed by atoms with E-state index in [-0.39, 0.29) is 10.8 Å². The molecule has 0 heterocycles. The van der Waals surface area contributed by atoms with Crippen LogP contribution in [0.1, 0.15) is 48.0 Å². The Kier molecular flexibility index (Phi) is 6.79. The van der Waals surface area contributed by atoms with Gasteiger partial charge in [0, 0.05) is 13.0 Å². The molecule has 1 atom stereocenters. The Morgan fingerprint density at radius 1 is 1.36 bits per heavy atom. The molecule has 4 heteroatoms. The van der Waals surface area contributed by atoms with Crippen molar-refractivity contribution < 1.29 is 9.90 Å². The molecule has 0 saturated heterocycles. The van der Waals surface area contributed by atoms with Crippen molar-refractivity contribution in [1.82, 2.24) is 0 Å². The first-order chi connectivity index (χ1) is 9.78. The molecule has 0 aromatic carbocycles. The molecule has 5 N–H and O–H groups in total. The van der Waals surface area contributed by atoms with Crippen LogP contribution >= 0.6 is 0 Å². The molecule has 0 radical (unpaired) electrons. The molecule has 0 bridgehead atoms. The topological polar surface area (TPSA) is 89.3 Å². The summed E-state index contributed by atoms with van der Waals surface area (Å²) in [7, 11) is 0. The molecule has 0 aromatic rings. The second-order valence-electron chi connectivity index (χ2n) is 7.75. The number of aliphatic hydroxyl groups is 1. The first kappa shape index (κ1) is 20.6. The zero-order valence-electron chi connectivity index (χ0n) is 14.9. The average molecular weight is 308 g/mol. The summed E-state index contributed by atoms with van der Waals surface area (Å²) >= 11 is 0. The van der Waals surface area contributed by atoms with Crippen LogP contribution in [0.5, 0.6) is 0 Å². The van der Waals surface area contributed by atoms with E-state index in [1.807, 2.05) is 12.2 Å². The van der Waals surface area contributed by atoms with Crippen LogP contribution in [0.15, 0.2) is 36.0 Å². The van der Waals surface area contributed by atoms with E-state index >= 15 is 0 Å². The standard InChI is InChI=1S/C15H27NO.C3H5NO/c1-13(2,3)12-9-15(17,14(4,5)6)8-7-11(12)10-16;1-2-3(4)5/h7-8,17H,9-10,16H2,1-6H3;2H,1H2,(H2,4,5). The minimum absolute atomic E-state index is 0.0543. The van der Waals surface area contributed by atoms with Gasteiger partial charge in [-0.05, 0) is 22.5 Å². The van der Waals surface area contributed by atoms with Crippen LogP contribution in [0.2, 0.25) is 0 Å². The number of nitrogens with two attached hydrogens (primary N) is 2. The van der Waals surface area contributed by atoms with Gasteiger partial charge in [0.15, 0.2) is 0 Å². The fraction of sp³-hybridized carbons (Fsp3) is 0.611. The van der Waals surface area contributed by atoms with Gasteiger partial charge in [-0.15, -0.1) is 0 Å². The van der Waals surface area contributed by atoms with Gasteiger partial charge in [0.2, 0.25) is 5.91 Å². The summed E-state index contributed by atoms with van der Waals surface area (Å²) < 4.78 is 0. The number of hydrogen-bond acceptors (Lipinski definition) is 3. The van der Waals surface area contributed by atoms with Crippen LogP contribution < -0.4 is 11.5 Å². The van der Waals surface area contributed by atoms with Crippen LogP contribution in [0.3, 0.4) is 0 Å². The molecule has 4 nitrogen and oxygen atoms in total. The molecule has 0 aromatic heterocycles. The monoisotopic (exact) mass is 308 g/mol. The molecule has 1 aliphatic rings. The first-order valence-corrected chi connectivity index (χ1v) is 7.54. The van der Waals surface area contributed by atoms with Crippen molar-refractivity contribution in [1.29, 1.82) is 0 Å². The van der Waals surface area contributed by atoms with Crippen molar-refractivity contribution >= 4 is 5.91 Å². The van der Waals surface area contributed by atoms with Crippen LogP contribution in [0.25, 0.3) is 0 Å². The van der Waals surface area contributed by atoms with Crippen LogP contribution in [-0.4, -0.2) is 23.2 Å². The number of amides is 1. The zero-order chi connectivity index (χ0) is 17.8. The van der Waals surface area contributed by atoms with E-state index in [0.29, 0.717) is 13.0 Å². The Hall–Kier alpha value is -1.39. The number of carbonyl (C=O) groups is 1. The summed E-state index contributed by atoms with van der Waals surface area (Å²) in [5.41, 5.74) is 11.9. The van der Waals surface area contributed by atoms with E-state index in [0.717, 1.165) is 6.08 Å². The molecule has 0 spiro atoms. The minimum Gasteiger partial charge on any atom is -0.385 e. The quantitative estimate of drug-likeness (QED) is 0.685. The van der Waals surface area contributed by atoms with E-state index in [1.165, 1.54) is 11.1 Å². The lowest BCUT2D eigenvalue weighted by Crippen LogP contribution is -2.44. The van der Waals surface area contributed by atoms with Gasteiger partial charge in [0.25, 0.3) is 0 Å². The van der Waals surface area contributed by atoms with E-state index in [4.69, 9.17) is 5.73 Å². The zero-order valence-corrected chi connectivity index (χ0v) is 14.9. The third kappa shape index (κ3) is 5.43. The Labute approximate surface area is 135 Å². The van der Waals surface area contributed by atoms with Crippen molar-refractivity contribution in [3.8, 4) is 0 Å². The molecule has 0 fully saturated rings. The molecule has 0 saturated carbocycles. The third-order valence-corrected chi connectivity index (χ3v) is 4.02.